The number of rotatable bonds is 5. The maximum atomic E-state index is 12.9. The summed E-state index contributed by atoms with van der Waals surface area (Å²) in [5, 5.41) is 2.23. The fourth-order valence-corrected chi connectivity index (χ4v) is 3.26. The summed E-state index contributed by atoms with van der Waals surface area (Å²) in [6, 6.07) is 21.3. The minimum Gasteiger partial charge on any atom is -0.489 e. The van der Waals surface area contributed by atoms with Gasteiger partial charge in [0, 0.05) is 0 Å². The molecule has 0 aromatic heterocycles. The van der Waals surface area contributed by atoms with E-state index in [1.54, 1.807) is 48.5 Å². The molecule has 4 amide bonds. The van der Waals surface area contributed by atoms with E-state index in [-0.39, 0.29) is 5.57 Å². The lowest BCUT2D eigenvalue weighted by molar-refractivity contribution is -0.122. The standard InChI is InChI=1S/C26H22N2O4/c1-17-3-7-20(8-4-17)16-32-22-13-9-19(10-14-22)15-23-24(29)27-26(31)28(25(23)30)21-11-5-18(2)6-12-21/h3-15H,16H2,1-2H3,(H,27,29,31)/b23-15+. The van der Waals surface area contributed by atoms with Crippen molar-refractivity contribution in [2.75, 3.05) is 4.90 Å². The van der Waals surface area contributed by atoms with Crippen LogP contribution in [0.5, 0.6) is 5.75 Å². The minimum atomic E-state index is -0.763. The Morgan fingerprint density at radius 1 is 0.812 bits per heavy atom. The molecule has 1 heterocycles. The second-order valence-corrected chi connectivity index (χ2v) is 7.64. The highest BCUT2D eigenvalue weighted by Gasteiger charge is 2.36. The molecular weight excluding hydrogens is 404 g/mol. The summed E-state index contributed by atoms with van der Waals surface area (Å²) in [5.41, 5.74) is 4.18. The molecule has 6 heteroatoms. The van der Waals surface area contributed by atoms with Crippen LogP contribution in [0.25, 0.3) is 6.08 Å². The Bertz CT molecular complexity index is 1190. The van der Waals surface area contributed by atoms with Crippen molar-refractivity contribution in [3.8, 4) is 5.75 Å². The van der Waals surface area contributed by atoms with Crippen LogP contribution < -0.4 is 15.0 Å². The first-order valence-corrected chi connectivity index (χ1v) is 10.2. The second kappa shape index (κ2) is 8.89. The molecule has 0 aliphatic carbocycles. The number of carbonyl (C=O) groups excluding carboxylic acids is 3. The number of benzene rings is 3. The van der Waals surface area contributed by atoms with Crippen molar-refractivity contribution in [1.29, 1.82) is 0 Å². The number of nitrogens with zero attached hydrogens (tertiary/aromatic N) is 1. The van der Waals surface area contributed by atoms with Gasteiger partial charge in [-0.15, -0.1) is 0 Å². The van der Waals surface area contributed by atoms with Crippen LogP contribution in [0.4, 0.5) is 10.5 Å². The number of carbonyl (C=O) groups is 3. The van der Waals surface area contributed by atoms with Gasteiger partial charge >= 0.3 is 6.03 Å². The summed E-state index contributed by atoms with van der Waals surface area (Å²) in [7, 11) is 0. The van der Waals surface area contributed by atoms with Crippen LogP contribution in [0.3, 0.4) is 0 Å². The van der Waals surface area contributed by atoms with Crippen LogP contribution >= 0.6 is 0 Å². The van der Waals surface area contributed by atoms with E-state index in [1.807, 2.05) is 38.1 Å². The maximum Gasteiger partial charge on any atom is 0.335 e. The predicted molar refractivity (Wildman–Crippen MR) is 122 cm³/mol. The molecule has 0 bridgehead atoms. The smallest absolute Gasteiger partial charge is 0.335 e. The van der Waals surface area contributed by atoms with Gasteiger partial charge in [0.2, 0.25) is 0 Å². The largest absolute Gasteiger partial charge is 0.489 e. The molecular formula is C26H22N2O4. The number of ether oxygens (including phenoxy) is 1. The lowest BCUT2D eigenvalue weighted by Gasteiger charge is -2.26. The molecule has 3 aromatic carbocycles. The summed E-state index contributed by atoms with van der Waals surface area (Å²) < 4.78 is 5.80. The number of aryl methyl sites for hydroxylation is 2. The third-order valence-corrected chi connectivity index (χ3v) is 5.11. The zero-order chi connectivity index (χ0) is 22.7. The minimum absolute atomic E-state index is 0.113. The topological polar surface area (TPSA) is 75.7 Å². The molecule has 160 valence electrons. The molecule has 0 radical (unpaired) electrons. The van der Waals surface area contributed by atoms with Gasteiger partial charge in [-0.3, -0.25) is 14.9 Å². The van der Waals surface area contributed by atoms with Gasteiger partial charge in [-0.25, -0.2) is 9.69 Å². The first-order valence-electron chi connectivity index (χ1n) is 10.2. The molecule has 0 saturated carbocycles. The van der Waals surface area contributed by atoms with Crippen LogP contribution in [0.15, 0.2) is 78.4 Å². The number of hydrogen-bond acceptors (Lipinski definition) is 4. The Hall–Kier alpha value is -4.19. The van der Waals surface area contributed by atoms with Gasteiger partial charge in [0.05, 0.1) is 5.69 Å². The molecule has 1 aliphatic heterocycles. The third kappa shape index (κ3) is 4.59. The lowest BCUT2D eigenvalue weighted by atomic mass is 10.1. The SMILES string of the molecule is Cc1ccc(COc2ccc(/C=C3\C(=O)NC(=O)N(c4ccc(C)cc4)C3=O)cc2)cc1. The monoisotopic (exact) mass is 426 g/mol. The van der Waals surface area contributed by atoms with Gasteiger partial charge in [0.25, 0.3) is 11.8 Å². The highest BCUT2D eigenvalue weighted by atomic mass is 16.5. The molecule has 1 aliphatic rings. The fraction of sp³-hybridized carbons (Fsp3) is 0.115. The molecule has 1 N–H and O–H groups in total. The molecule has 3 aromatic rings. The molecule has 6 nitrogen and oxygen atoms in total. The Kier molecular flexibility index (Phi) is 5.85. The van der Waals surface area contributed by atoms with Gasteiger partial charge in [-0.05, 0) is 55.3 Å². The predicted octanol–water partition coefficient (Wildman–Crippen LogP) is 4.55. The zero-order valence-corrected chi connectivity index (χ0v) is 17.8. The number of urea groups is 1. The summed E-state index contributed by atoms with van der Waals surface area (Å²) in [4.78, 5) is 38.5. The molecule has 4 rings (SSSR count). The lowest BCUT2D eigenvalue weighted by Crippen LogP contribution is -2.54. The van der Waals surface area contributed by atoms with Crippen LogP contribution in [0.1, 0.15) is 22.3 Å². The number of imide groups is 2. The first kappa shape index (κ1) is 21.1. The van der Waals surface area contributed by atoms with Crippen molar-refractivity contribution >= 4 is 29.6 Å². The summed E-state index contributed by atoms with van der Waals surface area (Å²) in [6.45, 7) is 4.38. The third-order valence-electron chi connectivity index (χ3n) is 5.11. The summed E-state index contributed by atoms with van der Waals surface area (Å²) in [5.74, 6) is -0.714. The molecule has 1 saturated heterocycles. The Labute approximate surface area is 186 Å². The van der Waals surface area contributed by atoms with Crippen LogP contribution in [0.2, 0.25) is 0 Å². The Morgan fingerprint density at radius 2 is 1.41 bits per heavy atom. The van der Waals surface area contributed by atoms with Crippen molar-refractivity contribution in [2.24, 2.45) is 0 Å². The van der Waals surface area contributed by atoms with Gasteiger partial charge < -0.3 is 4.74 Å². The molecule has 1 fully saturated rings. The van der Waals surface area contributed by atoms with E-state index in [0.29, 0.717) is 23.6 Å². The van der Waals surface area contributed by atoms with E-state index in [1.165, 1.54) is 11.6 Å². The van der Waals surface area contributed by atoms with Gasteiger partial charge in [0.15, 0.2) is 0 Å². The first-order chi connectivity index (χ1) is 15.4. The average Bonchev–Trinajstić information content (AvgIpc) is 2.78. The Morgan fingerprint density at radius 3 is 2.03 bits per heavy atom. The highest BCUT2D eigenvalue weighted by Crippen LogP contribution is 2.23. The van der Waals surface area contributed by atoms with E-state index < -0.39 is 17.8 Å². The molecule has 0 spiro atoms. The summed E-state index contributed by atoms with van der Waals surface area (Å²) in [6.07, 6.45) is 1.47. The van der Waals surface area contributed by atoms with E-state index >= 15 is 0 Å². The number of barbiturate groups is 1. The highest BCUT2D eigenvalue weighted by molar-refractivity contribution is 6.39. The quantitative estimate of drug-likeness (QED) is 0.480. The van der Waals surface area contributed by atoms with E-state index in [0.717, 1.165) is 16.0 Å². The number of nitrogens with one attached hydrogen (secondary N) is 1. The van der Waals surface area contributed by atoms with Crippen LogP contribution in [0, 0.1) is 13.8 Å². The fourth-order valence-electron chi connectivity index (χ4n) is 3.26. The molecule has 0 unspecified atom stereocenters. The van der Waals surface area contributed by atoms with Gasteiger partial charge in [0.1, 0.15) is 17.9 Å². The van der Waals surface area contributed by atoms with Crippen molar-refractivity contribution in [1.82, 2.24) is 5.32 Å². The van der Waals surface area contributed by atoms with E-state index in [2.05, 4.69) is 5.32 Å². The number of amides is 4. The Balaban J connectivity index is 1.50. The molecule has 0 atom stereocenters. The van der Waals surface area contributed by atoms with Crippen LogP contribution in [-0.4, -0.2) is 17.8 Å². The van der Waals surface area contributed by atoms with E-state index in [9.17, 15) is 14.4 Å². The maximum absolute atomic E-state index is 12.9. The number of hydrogen-bond donors (Lipinski definition) is 1. The van der Waals surface area contributed by atoms with Crippen molar-refractivity contribution in [3.05, 3.63) is 101 Å². The summed E-state index contributed by atoms with van der Waals surface area (Å²) >= 11 is 0. The average molecular weight is 426 g/mol. The van der Waals surface area contributed by atoms with Gasteiger partial charge in [-0.1, -0.05) is 59.7 Å². The number of anilines is 1. The van der Waals surface area contributed by atoms with Gasteiger partial charge in [-0.2, -0.15) is 0 Å². The zero-order valence-electron chi connectivity index (χ0n) is 17.8. The second-order valence-electron chi connectivity index (χ2n) is 7.64. The van der Waals surface area contributed by atoms with E-state index in [4.69, 9.17) is 4.74 Å². The van der Waals surface area contributed by atoms with Crippen molar-refractivity contribution < 1.29 is 19.1 Å². The normalized spacial score (nSPS) is 15.1. The molecule has 32 heavy (non-hydrogen) atoms. The van der Waals surface area contributed by atoms with Crippen molar-refractivity contribution in [2.45, 2.75) is 20.5 Å². The van der Waals surface area contributed by atoms with Crippen LogP contribution in [-0.2, 0) is 16.2 Å². The van der Waals surface area contributed by atoms with Crippen molar-refractivity contribution in [3.63, 3.8) is 0 Å².